The molecule has 0 radical (unpaired) electrons. The summed E-state index contributed by atoms with van der Waals surface area (Å²) in [5.41, 5.74) is 0.928. The number of pyridine rings is 1. The van der Waals surface area contributed by atoms with E-state index in [2.05, 4.69) is 15.4 Å². The number of aryl methyl sites for hydroxylation is 1. The summed E-state index contributed by atoms with van der Waals surface area (Å²) < 4.78 is 48.2. The predicted molar refractivity (Wildman–Crippen MR) is 152 cm³/mol. The van der Waals surface area contributed by atoms with Crippen LogP contribution in [0.15, 0.2) is 60.8 Å². The SMILES string of the molecule is COc1ccc(CN2CCN(c3ccn(-c4cc(C)nc(Nc5ccc(C#N)cc5C(F)(F)F)c4CCO)n3)C2=O)cc1. The van der Waals surface area contributed by atoms with Crippen molar-refractivity contribution >= 4 is 23.4 Å². The third-order valence-corrected chi connectivity index (χ3v) is 7.02. The number of ether oxygens (including phenoxy) is 1. The zero-order valence-corrected chi connectivity index (χ0v) is 23.4. The molecule has 0 spiro atoms. The molecular formula is C30H28F3N7O3. The van der Waals surface area contributed by atoms with E-state index in [1.165, 1.54) is 16.8 Å². The van der Waals surface area contributed by atoms with Gasteiger partial charge in [-0.2, -0.15) is 18.4 Å². The highest BCUT2D eigenvalue weighted by Crippen LogP contribution is 2.38. The molecule has 2 aromatic heterocycles. The van der Waals surface area contributed by atoms with Crippen LogP contribution in [0.4, 0.5) is 35.3 Å². The second-order valence-electron chi connectivity index (χ2n) is 9.90. The van der Waals surface area contributed by atoms with Crippen LogP contribution in [-0.4, -0.2) is 57.6 Å². The van der Waals surface area contributed by atoms with Crippen molar-refractivity contribution in [3.63, 3.8) is 0 Å². The molecule has 43 heavy (non-hydrogen) atoms. The molecule has 0 unspecified atom stereocenters. The van der Waals surface area contributed by atoms with Crippen LogP contribution in [0.1, 0.15) is 27.9 Å². The van der Waals surface area contributed by atoms with Gasteiger partial charge >= 0.3 is 12.2 Å². The Bertz CT molecular complexity index is 1680. The van der Waals surface area contributed by atoms with E-state index in [1.807, 2.05) is 24.3 Å². The highest BCUT2D eigenvalue weighted by molar-refractivity contribution is 5.93. The van der Waals surface area contributed by atoms with Gasteiger partial charge in [-0.05, 0) is 48.9 Å². The number of nitrogens with zero attached hydrogens (tertiary/aromatic N) is 6. The molecule has 2 amide bonds. The fraction of sp³-hybridized carbons (Fsp3) is 0.267. The number of alkyl halides is 3. The molecule has 1 aliphatic heterocycles. The number of aromatic nitrogens is 3. The van der Waals surface area contributed by atoms with Crippen LogP contribution < -0.4 is 15.0 Å². The summed E-state index contributed by atoms with van der Waals surface area (Å²) in [7, 11) is 1.59. The van der Waals surface area contributed by atoms with Crippen LogP contribution in [0.5, 0.6) is 5.75 Å². The van der Waals surface area contributed by atoms with Crippen LogP contribution in [0.3, 0.4) is 0 Å². The number of carbonyl (C=O) groups is 1. The van der Waals surface area contributed by atoms with E-state index < -0.39 is 11.7 Å². The Morgan fingerprint density at radius 2 is 1.88 bits per heavy atom. The van der Waals surface area contributed by atoms with Gasteiger partial charge < -0.3 is 20.1 Å². The number of aliphatic hydroxyl groups is 1. The summed E-state index contributed by atoms with van der Waals surface area (Å²) in [6.07, 6.45) is -3.01. The molecule has 2 N–H and O–H groups in total. The molecule has 13 heteroatoms. The van der Waals surface area contributed by atoms with Gasteiger partial charge in [0.25, 0.3) is 0 Å². The van der Waals surface area contributed by atoms with Crippen molar-refractivity contribution in [3.8, 4) is 17.5 Å². The molecule has 0 aliphatic carbocycles. The number of benzene rings is 2. The first-order chi connectivity index (χ1) is 20.6. The number of hydrogen-bond donors (Lipinski definition) is 2. The summed E-state index contributed by atoms with van der Waals surface area (Å²) in [5, 5.41) is 26.3. The smallest absolute Gasteiger partial charge is 0.418 e. The molecule has 1 aliphatic rings. The second kappa shape index (κ2) is 12.0. The third kappa shape index (κ3) is 6.24. The van der Waals surface area contributed by atoms with E-state index in [9.17, 15) is 23.1 Å². The maximum Gasteiger partial charge on any atom is 0.418 e. The summed E-state index contributed by atoms with van der Waals surface area (Å²) in [4.78, 5) is 20.9. The van der Waals surface area contributed by atoms with Gasteiger partial charge in [-0.15, -0.1) is 5.10 Å². The van der Waals surface area contributed by atoms with Gasteiger partial charge in [0.1, 0.15) is 11.6 Å². The Morgan fingerprint density at radius 3 is 2.56 bits per heavy atom. The first kappa shape index (κ1) is 29.4. The molecule has 2 aromatic carbocycles. The van der Waals surface area contributed by atoms with Crippen molar-refractivity contribution in [3.05, 3.63) is 88.7 Å². The number of methoxy groups -OCH3 is 1. The molecule has 1 fully saturated rings. The van der Waals surface area contributed by atoms with Gasteiger partial charge in [-0.25, -0.2) is 14.5 Å². The van der Waals surface area contributed by atoms with Gasteiger partial charge in [0.2, 0.25) is 0 Å². The van der Waals surface area contributed by atoms with Gasteiger partial charge in [-0.3, -0.25) is 4.90 Å². The number of aliphatic hydroxyl groups excluding tert-OH is 1. The zero-order chi connectivity index (χ0) is 30.7. The molecule has 0 saturated carbocycles. The van der Waals surface area contributed by atoms with Gasteiger partial charge in [0, 0.05) is 56.2 Å². The Balaban J connectivity index is 1.43. The molecule has 3 heterocycles. The molecule has 0 bridgehead atoms. The van der Waals surface area contributed by atoms with Gasteiger partial charge in [0.05, 0.1) is 35.7 Å². The Kier molecular flexibility index (Phi) is 8.22. The van der Waals surface area contributed by atoms with Crippen LogP contribution in [-0.2, 0) is 19.1 Å². The summed E-state index contributed by atoms with van der Waals surface area (Å²) in [6.45, 7) is 2.74. The Hall–Kier alpha value is -5.09. The normalized spacial score (nSPS) is 13.4. The molecule has 0 atom stereocenters. The Morgan fingerprint density at radius 1 is 1.12 bits per heavy atom. The zero-order valence-electron chi connectivity index (χ0n) is 23.4. The molecule has 1 saturated heterocycles. The van der Waals surface area contributed by atoms with E-state index in [0.717, 1.165) is 17.4 Å². The predicted octanol–water partition coefficient (Wildman–Crippen LogP) is 5.20. The lowest BCUT2D eigenvalue weighted by Gasteiger charge is -2.19. The number of amides is 2. The fourth-order valence-corrected chi connectivity index (χ4v) is 4.92. The highest BCUT2D eigenvalue weighted by atomic mass is 19.4. The largest absolute Gasteiger partial charge is 0.497 e. The molecule has 4 aromatic rings. The highest BCUT2D eigenvalue weighted by Gasteiger charge is 2.35. The number of hydrogen-bond acceptors (Lipinski definition) is 7. The van der Waals surface area contributed by atoms with E-state index in [4.69, 9.17) is 10.00 Å². The molecule has 5 rings (SSSR count). The molecular weight excluding hydrogens is 563 g/mol. The van der Waals surface area contributed by atoms with E-state index in [1.54, 1.807) is 48.2 Å². The van der Waals surface area contributed by atoms with Crippen molar-refractivity contribution in [2.75, 3.05) is 37.0 Å². The number of urea groups is 1. The first-order valence-electron chi connectivity index (χ1n) is 13.4. The van der Waals surface area contributed by atoms with Crippen molar-refractivity contribution in [1.82, 2.24) is 19.7 Å². The van der Waals surface area contributed by atoms with Crippen molar-refractivity contribution < 1.29 is 27.8 Å². The van der Waals surface area contributed by atoms with Crippen molar-refractivity contribution in [2.24, 2.45) is 0 Å². The third-order valence-electron chi connectivity index (χ3n) is 7.02. The lowest BCUT2D eigenvalue weighted by Crippen LogP contribution is -2.31. The van der Waals surface area contributed by atoms with E-state index in [0.29, 0.717) is 42.4 Å². The minimum absolute atomic E-state index is 0.0655. The minimum atomic E-state index is -4.72. The second-order valence-corrected chi connectivity index (χ2v) is 9.90. The quantitative estimate of drug-likeness (QED) is 0.275. The number of anilines is 3. The number of rotatable bonds is 9. The first-order valence-corrected chi connectivity index (χ1v) is 13.4. The number of nitrogens with one attached hydrogen (secondary N) is 1. The maximum atomic E-state index is 13.8. The summed E-state index contributed by atoms with van der Waals surface area (Å²) >= 11 is 0. The van der Waals surface area contributed by atoms with Crippen LogP contribution in [0.2, 0.25) is 0 Å². The average molecular weight is 592 g/mol. The van der Waals surface area contributed by atoms with Crippen molar-refractivity contribution in [1.29, 1.82) is 5.26 Å². The van der Waals surface area contributed by atoms with Crippen LogP contribution in [0.25, 0.3) is 5.69 Å². The van der Waals surface area contributed by atoms with Crippen LogP contribution in [0, 0.1) is 18.3 Å². The standard InChI is InChI=1S/C30H28F3N7O3/c1-19-15-26(23(10-14-41)28(35-19)36-25-8-5-21(17-34)16-24(25)30(31,32)33)40-11-9-27(37-40)39-13-12-38(29(39)42)18-20-3-6-22(43-2)7-4-20/h3-9,11,15-16,41H,10,12-14,18H2,1-2H3,(H,35,36). The van der Waals surface area contributed by atoms with Crippen LogP contribution >= 0.6 is 0 Å². The number of nitriles is 1. The lowest BCUT2D eigenvalue weighted by molar-refractivity contribution is -0.136. The van der Waals surface area contributed by atoms with Gasteiger partial charge in [0.15, 0.2) is 5.82 Å². The molecule has 222 valence electrons. The topological polar surface area (TPSA) is 120 Å². The summed E-state index contributed by atoms with van der Waals surface area (Å²) in [5.74, 6) is 1.25. The maximum absolute atomic E-state index is 13.8. The number of halogens is 3. The Labute approximate surface area is 245 Å². The van der Waals surface area contributed by atoms with E-state index >= 15 is 0 Å². The lowest BCUT2D eigenvalue weighted by atomic mass is 10.1. The van der Waals surface area contributed by atoms with Crippen molar-refractivity contribution in [2.45, 2.75) is 26.1 Å². The van der Waals surface area contributed by atoms with E-state index in [-0.39, 0.29) is 36.1 Å². The summed E-state index contributed by atoms with van der Waals surface area (Å²) in [6, 6.07) is 15.6. The minimum Gasteiger partial charge on any atom is -0.497 e. The molecule has 10 nitrogen and oxygen atoms in total. The number of carbonyl (C=O) groups excluding carboxylic acids is 1. The van der Waals surface area contributed by atoms with Gasteiger partial charge in [-0.1, -0.05) is 12.1 Å². The average Bonchev–Trinajstić information content (AvgIpc) is 3.61. The fourth-order valence-electron chi connectivity index (χ4n) is 4.92. The monoisotopic (exact) mass is 591 g/mol.